The highest BCUT2D eigenvalue weighted by Gasteiger charge is 2.35. The molecule has 0 bridgehead atoms. The molecular formula is C28H36ClN9O2. The van der Waals surface area contributed by atoms with Crippen LogP contribution in [0.2, 0.25) is 5.15 Å². The van der Waals surface area contributed by atoms with E-state index in [0.29, 0.717) is 23.5 Å². The van der Waals surface area contributed by atoms with Crippen molar-refractivity contribution in [3.05, 3.63) is 59.1 Å². The molecule has 2 fully saturated rings. The van der Waals surface area contributed by atoms with E-state index in [9.17, 15) is 9.59 Å². The molecule has 5 rings (SSSR count). The van der Waals surface area contributed by atoms with Crippen molar-refractivity contribution in [3.8, 4) is 5.69 Å². The number of carbonyl (C=O) groups excluding carboxylic acids is 2. The van der Waals surface area contributed by atoms with Crippen molar-refractivity contribution in [3.63, 3.8) is 0 Å². The second-order valence-electron chi connectivity index (χ2n) is 10.3. The topological polar surface area (TPSA) is 126 Å². The van der Waals surface area contributed by atoms with Crippen LogP contribution >= 0.6 is 11.6 Å². The van der Waals surface area contributed by atoms with E-state index in [0.717, 1.165) is 64.1 Å². The SMILES string of the molecule is CCC[C@H]1CN(c2nc(N)c(C(=O)NC)nc2Cl)CCN1C1CCN(C(=O)c2ccc(-n3cccn3)cc2)CC1. The minimum Gasteiger partial charge on any atom is -0.382 e. The highest BCUT2D eigenvalue weighted by atomic mass is 35.5. The maximum Gasteiger partial charge on any atom is 0.273 e. The Balaban J connectivity index is 1.21. The summed E-state index contributed by atoms with van der Waals surface area (Å²) in [4.78, 5) is 40.6. The Kier molecular flexibility index (Phi) is 8.51. The number of piperazine rings is 1. The Labute approximate surface area is 239 Å². The van der Waals surface area contributed by atoms with Crippen LogP contribution in [0.15, 0.2) is 42.7 Å². The number of anilines is 2. The number of nitrogens with one attached hydrogen (secondary N) is 1. The molecular weight excluding hydrogens is 530 g/mol. The van der Waals surface area contributed by atoms with Gasteiger partial charge < -0.3 is 20.9 Å². The first kappa shape index (κ1) is 27.9. The predicted octanol–water partition coefficient (Wildman–Crippen LogP) is 2.85. The van der Waals surface area contributed by atoms with Crippen LogP contribution in [0.3, 0.4) is 0 Å². The maximum absolute atomic E-state index is 13.2. The molecule has 11 nitrogen and oxygen atoms in total. The Morgan fingerprint density at radius 3 is 2.50 bits per heavy atom. The van der Waals surface area contributed by atoms with E-state index < -0.39 is 5.91 Å². The van der Waals surface area contributed by atoms with Crippen LogP contribution in [0, 0.1) is 0 Å². The van der Waals surface area contributed by atoms with E-state index in [1.807, 2.05) is 41.4 Å². The van der Waals surface area contributed by atoms with Gasteiger partial charge in [-0.2, -0.15) is 5.10 Å². The molecule has 0 spiro atoms. The van der Waals surface area contributed by atoms with Crippen LogP contribution in [0.4, 0.5) is 11.6 Å². The molecule has 1 aromatic carbocycles. The number of benzene rings is 1. The summed E-state index contributed by atoms with van der Waals surface area (Å²) in [5.74, 6) is 0.252. The van der Waals surface area contributed by atoms with Crippen LogP contribution in [0.1, 0.15) is 53.5 Å². The fraction of sp³-hybridized carbons (Fsp3) is 0.464. The number of nitrogen functional groups attached to an aromatic ring is 1. The third kappa shape index (κ3) is 5.75. The Bertz CT molecular complexity index is 1320. The van der Waals surface area contributed by atoms with Crippen molar-refractivity contribution in [1.82, 2.24) is 34.9 Å². The summed E-state index contributed by atoms with van der Waals surface area (Å²) in [6.45, 7) is 6.00. The number of halogens is 1. The van der Waals surface area contributed by atoms with Crippen LogP contribution in [-0.2, 0) is 0 Å². The van der Waals surface area contributed by atoms with Gasteiger partial charge in [0.1, 0.15) is 0 Å². The lowest BCUT2D eigenvalue weighted by Gasteiger charge is -2.48. The van der Waals surface area contributed by atoms with Gasteiger partial charge in [0.15, 0.2) is 22.5 Å². The van der Waals surface area contributed by atoms with Crippen LogP contribution < -0.4 is 16.0 Å². The number of nitrogens with zero attached hydrogens (tertiary/aromatic N) is 7. The van der Waals surface area contributed by atoms with Gasteiger partial charge >= 0.3 is 0 Å². The van der Waals surface area contributed by atoms with Crippen LogP contribution in [0.25, 0.3) is 5.69 Å². The lowest BCUT2D eigenvalue weighted by atomic mass is 9.97. The Hall–Kier alpha value is -3.70. The number of likely N-dealkylation sites (tertiary alicyclic amines) is 1. The van der Waals surface area contributed by atoms with Gasteiger partial charge in [0.2, 0.25) is 0 Å². The molecule has 12 heteroatoms. The van der Waals surface area contributed by atoms with E-state index in [-0.39, 0.29) is 22.6 Å². The molecule has 2 aliphatic heterocycles. The molecule has 0 radical (unpaired) electrons. The minimum atomic E-state index is -0.414. The zero-order valence-electron chi connectivity index (χ0n) is 23.0. The maximum atomic E-state index is 13.2. The lowest BCUT2D eigenvalue weighted by Crippen LogP contribution is -2.59. The van der Waals surface area contributed by atoms with Crippen molar-refractivity contribution in [2.45, 2.75) is 44.7 Å². The zero-order chi connectivity index (χ0) is 28.2. The van der Waals surface area contributed by atoms with Crippen molar-refractivity contribution < 1.29 is 9.59 Å². The van der Waals surface area contributed by atoms with Gasteiger partial charge in [-0.15, -0.1) is 0 Å². The molecule has 3 N–H and O–H groups in total. The number of nitrogens with two attached hydrogens (primary N) is 1. The van der Waals surface area contributed by atoms with Crippen molar-refractivity contribution in [1.29, 1.82) is 0 Å². The summed E-state index contributed by atoms with van der Waals surface area (Å²) >= 11 is 6.47. The fourth-order valence-corrected chi connectivity index (χ4v) is 6.05. The average Bonchev–Trinajstić information content (AvgIpc) is 3.53. The van der Waals surface area contributed by atoms with Gasteiger partial charge in [0.05, 0.1) is 5.69 Å². The van der Waals surface area contributed by atoms with E-state index >= 15 is 0 Å². The number of aromatic nitrogens is 4. The summed E-state index contributed by atoms with van der Waals surface area (Å²) in [7, 11) is 1.51. The smallest absolute Gasteiger partial charge is 0.273 e. The molecule has 1 atom stereocenters. The third-order valence-corrected chi connectivity index (χ3v) is 8.11. The van der Waals surface area contributed by atoms with E-state index in [1.165, 1.54) is 7.05 Å². The van der Waals surface area contributed by atoms with Gasteiger partial charge in [0, 0.05) is 69.8 Å². The van der Waals surface area contributed by atoms with Crippen LogP contribution in [-0.4, -0.2) is 93.2 Å². The van der Waals surface area contributed by atoms with E-state index in [1.54, 1.807) is 10.9 Å². The summed E-state index contributed by atoms with van der Waals surface area (Å²) in [5, 5.41) is 6.94. The first-order chi connectivity index (χ1) is 19.4. The van der Waals surface area contributed by atoms with Crippen LogP contribution in [0.5, 0.6) is 0 Å². The highest BCUT2D eigenvalue weighted by molar-refractivity contribution is 6.32. The summed E-state index contributed by atoms with van der Waals surface area (Å²) in [5.41, 5.74) is 7.72. The zero-order valence-corrected chi connectivity index (χ0v) is 23.7. The second kappa shape index (κ2) is 12.2. The number of rotatable bonds is 7. The standard InChI is InChI=1S/C28H36ClN9O2/c1-3-5-22-18-36(26-24(29)33-23(25(30)34-26)27(39)31-2)16-17-37(22)20-10-14-35(15-11-20)28(40)19-6-8-21(9-7-19)38-13-4-12-32-38/h4,6-9,12-13,20,22H,3,5,10-11,14-18H2,1-2H3,(H2,30,34)(H,31,39)/t22-/m0/s1. The molecule has 40 heavy (non-hydrogen) atoms. The quantitative estimate of drug-likeness (QED) is 0.448. The molecule has 2 aromatic heterocycles. The molecule has 0 saturated carbocycles. The third-order valence-electron chi connectivity index (χ3n) is 7.86. The highest BCUT2D eigenvalue weighted by Crippen LogP contribution is 2.30. The van der Waals surface area contributed by atoms with Gasteiger partial charge in [0.25, 0.3) is 11.8 Å². The van der Waals surface area contributed by atoms with Gasteiger partial charge in [-0.05, 0) is 49.6 Å². The monoisotopic (exact) mass is 565 g/mol. The normalized spacial score (nSPS) is 18.6. The Morgan fingerprint density at radius 2 is 1.85 bits per heavy atom. The Morgan fingerprint density at radius 1 is 1.10 bits per heavy atom. The molecule has 2 saturated heterocycles. The van der Waals surface area contributed by atoms with Crippen molar-refractivity contribution >= 4 is 35.1 Å². The number of hydrogen-bond acceptors (Lipinski definition) is 8. The first-order valence-electron chi connectivity index (χ1n) is 13.8. The number of piperidine rings is 1. The largest absolute Gasteiger partial charge is 0.382 e. The summed E-state index contributed by atoms with van der Waals surface area (Å²) in [6.07, 6.45) is 7.58. The summed E-state index contributed by atoms with van der Waals surface area (Å²) < 4.78 is 1.78. The van der Waals surface area contributed by atoms with E-state index in [4.69, 9.17) is 17.3 Å². The second-order valence-corrected chi connectivity index (χ2v) is 10.7. The van der Waals surface area contributed by atoms with Gasteiger partial charge in [-0.1, -0.05) is 24.9 Å². The van der Waals surface area contributed by atoms with Crippen molar-refractivity contribution in [2.75, 3.05) is 50.4 Å². The molecule has 2 aliphatic rings. The molecule has 4 heterocycles. The average molecular weight is 566 g/mol. The minimum absolute atomic E-state index is 0.0372. The molecule has 212 valence electrons. The summed E-state index contributed by atoms with van der Waals surface area (Å²) in [6, 6.07) is 10.2. The van der Waals surface area contributed by atoms with Gasteiger partial charge in [-0.25, -0.2) is 14.6 Å². The fourth-order valence-electron chi connectivity index (χ4n) is 5.80. The van der Waals surface area contributed by atoms with E-state index in [2.05, 4.69) is 37.1 Å². The first-order valence-corrected chi connectivity index (χ1v) is 14.2. The predicted molar refractivity (Wildman–Crippen MR) is 155 cm³/mol. The number of carbonyl (C=O) groups is 2. The number of amides is 2. The molecule has 0 unspecified atom stereocenters. The number of hydrogen-bond donors (Lipinski definition) is 2. The van der Waals surface area contributed by atoms with Crippen molar-refractivity contribution in [2.24, 2.45) is 0 Å². The lowest BCUT2D eigenvalue weighted by molar-refractivity contribution is 0.0481. The molecule has 2 amide bonds. The molecule has 0 aliphatic carbocycles. The molecule has 3 aromatic rings. The van der Waals surface area contributed by atoms with Gasteiger partial charge in [-0.3, -0.25) is 14.5 Å².